The smallest absolute Gasteiger partial charge is 0.137 e. The van der Waals surface area contributed by atoms with Crippen LogP contribution in [0.15, 0.2) is 18.2 Å². The van der Waals surface area contributed by atoms with Crippen LogP contribution in [0.2, 0.25) is 0 Å². The number of aryl methyl sites for hydroxylation is 1. The van der Waals surface area contributed by atoms with Gasteiger partial charge in [0.2, 0.25) is 0 Å². The van der Waals surface area contributed by atoms with Crippen LogP contribution >= 0.6 is 0 Å². The van der Waals surface area contributed by atoms with Crippen LogP contribution in [0, 0.1) is 18.7 Å². The van der Waals surface area contributed by atoms with Gasteiger partial charge in [-0.15, -0.1) is 0 Å². The maximum atomic E-state index is 13.5. The molecule has 0 aliphatic carbocycles. The van der Waals surface area contributed by atoms with Gasteiger partial charge in [-0.25, -0.2) is 4.39 Å². The number of carbonyl (C=O) groups excluding carboxylic acids is 1. The van der Waals surface area contributed by atoms with Crippen LogP contribution in [-0.4, -0.2) is 29.8 Å². The Morgan fingerprint density at radius 3 is 2.86 bits per heavy atom. The number of likely N-dealkylation sites (tertiary alicyclic amines) is 1. The lowest BCUT2D eigenvalue weighted by Gasteiger charge is -2.35. The van der Waals surface area contributed by atoms with Crippen molar-refractivity contribution in [3.05, 3.63) is 35.1 Å². The van der Waals surface area contributed by atoms with E-state index in [1.165, 1.54) is 12.5 Å². The fourth-order valence-corrected chi connectivity index (χ4v) is 3.10. The lowest BCUT2D eigenvalue weighted by atomic mass is 9.90. The van der Waals surface area contributed by atoms with Gasteiger partial charge in [0.15, 0.2) is 0 Å². The Hall–Kier alpha value is -1.22. The van der Waals surface area contributed by atoms with Gasteiger partial charge in [-0.3, -0.25) is 4.79 Å². The number of hydrogen-bond acceptors (Lipinski definition) is 2. The monoisotopic (exact) mass is 291 g/mol. The maximum Gasteiger partial charge on any atom is 0.137 e. The minimum atomic E-state index is -0.219. The predicted molar refractivity (Wildman–Crippen MR) is 83.9 cm³/mol. The van der Waals surface area contributed by atoms with E-state index in [1.807, 2.05) is 6.07 Å². The Balaban J connectivity index is 1.87. The minimum absolute atomic E-state index is 0.219. The van der Waals surface area contributed by atoms with Crippen LogP contribution in [0.4, 0.5) is 4.39 Å². The normalized spacial score (nSPS) is 20.0. The molecule has 2 nitrogen and oxygen atoms in total. The number of benzene rings is 1. The Kier molecular flexibility index (Phi) is 5.51. The molecule has 0 unspecified atom stereocenters. The highest BCUT2D eigenvalue weighted by molar-refractivity contribution is 5.81. The van der Waals surface area contributed by atoms with Gasteiger partial charge in [0.05, 0.1) is 0 Å². The van der Waals surface area contributed by atoms with E-state index >= 15 is 0 Å². The lowest BCUT2D eigenvalue weighted by molar-refractivity contribution is -0.119. The molecule has 3 heteroatoms. The number of ketones is 1. The van der Waals surface area contributed by atoms with Gasteiger partial charge in [-0.05, 0) is 63.3 Å². The molecule has 0 spiro atoms. The second kappa shape index (κ2) is 7.17. The van der Waals surface area contributed by atoms with Crippen molar-refractivity contribution in [2.24, 2.45) is 5.92 Å². The van der Waals surface area contributed by atoms with Gasteiger partial charge in [0.25, 0.3) is 0 Å². The van der Waals surface area contributed by atoms with Gasteiger partial charge in [0, 0.05) is 25.4 Å². The van der Waals surface area contributed by atoms with Crippen LogP contribution < -0.4 is 0 Å². The molecule has 0 N–H and O–H groups in total. The zero-order valence-corrected chi connectivity index (χ0v) is 13.4. The van der Waals surface area contributed by atoms with Crippen molar-refractivity contribution >= 4 is 5.78 Å². The molecule has 0 saturated carbocycles. The molecule has 1 saturated heterocycles. The molecule has 0 amide bonds. The van der Waals surface area contributed by atoms with E-state index in [0.29, 0.717) is 30.4 Å². The molecule has 1 fully saturated rings. The van der Waals surface area contributed by atoms with E-state index in [-0.39, 0.29) is 11.6 Å². The number of piperidine rings is 1. The van der Waals surface area contributed by atoms with Crippen molar-refractivity contribution in [3.63, 3.8) is 0 Å². The Bertz CT molecular complexity index is 498. The van der Waals surface area contributed by atoms with Gasteiger partial charge >= 0.3 is 0 Å². The topological polar surface area (TPSA) is 20.3 Å². The summed E-state index contributed by atoms with van der Waals surface area (Å²) in [6, 6.07) is 5.65. The second-order valence-corrected chi connectivity index (χ2v) is 6.60. The van der Waals surface area contributed by atoms with E-state index in [4.69, 9.17) is 0 Å². The molecule has 0 radical (unpaired) electrons. The first kappa shape index (κ1) is 16.2. The van der Waals surface area contributed by atoms with Gasteiger partial charge in [-0.2, -0.15) is 0 Å². The minimum Gasteiger partial charge on any atom is -0.301 e. The first-order valence-corrected chi connectivity index (χ1v) is 7.96. The molecule has 1 aromatic carbocycles. The quantitative estimate of drug-likeness (QED) is 0.823. The Labute approximate surface area is 127 Å². The highest BCUT2D eigenvalue weighted by atomic mass is 19.1. The average molecular weight is 291 g/mol. The highest BCUT2D eigenvalue weighted by Gasteiger charge is 2.23. The van der Waals surface area contributed by atoms with Crippen LogP contribution in [-0.2, 0) is 11.2 Å². The second-order valence-electron chi connectivity index (χ2n) is 6.60. The fraction of sp³-hybridized carbons (Fsp3) is 0.611. The summed E-state index contributed by atoms with van der Waals surface area (Å²) in [4.78, 5) is 14.7. The fourth-order valence-electron chi connectivity index (χ4n) is 3.10. The standard InChI is InChI=1S/C18H26FNO/c1-13(2)20-8-4-5-16(12-20)10-17(21)9-15-7-6-14(3)18(19)11-15/h6-7,11,13,16H,4-5,8-10,12H2,1-3H3/t16-/m0/s1. The average Bonchev–Trinajstić information content (AvgIpc) is 2.43. The summed E-state index contributed by atoms with van der Waals surface area (Å²) < 4.78 is 13.5. The van der Waals surface area contributed by atoms with E-state index < -0.39 is 0 Å². The van der Waals surface area contributed by atoms with Crippen LogP contribution in [0.25, 0.3) is 0 Å². The summed E-state index contributed by atoms with van der Waals surface area (Å²) in [7, 11) is 0. The van der Waals surface area contributed by atoms with Gasteiger partial charge in [0.1, 0.15) is 11.6 Å². The van der Waals surface area contributed by atoms with Crippen LogP contribution in [0.1, 0.15) is 44.2 Å². The van der Waals surface area contributed by atoms with E-state index in [2.05, 4.69) is 18.7 Å². The molecular weight excluding hydrogens is 265 g/mol. The largest absolute Gasteiger partial charge is 0.301 e. The lowest BCUT2D eigenvalue weighted by Crippen LogP contribution is -2.40. The highest BCUT2D eigenvalue weighted by Crippen LogP contribution is 2.22. The number of nitrogens with zero attached hydrogens (tertiary/aromatic N) is 1. The number of halogens is 1. The molecule has 1 heterocycles. The summed E-state index contributed by atoms with van der Waals surface area (Å²) in [6.45, 7) is 8.32. The van der Waals surface area contributed by atoms with Crippen molar-refractivity contribution in [2.45, 2.75) is 52.5 Å². The van der Waals surface area contributed by atoms with Crippen molar-refractivity contribution in [3.8, 4) is 0 Å². The molecule has 1 atom stereocenters. The van der Waals surface area contributed by atoms with E-state index in [1.54, 1.807) is 13.0 Å². The maximum absolute atomic E-state index is 13.5. The summed E-state index contributed by atoms with van der Waals surface area (Å²) in [5, 5.41) is 0. The van der Waals surface area contributed by atoms with Crippen molar-refractivity contribution in [1.29, 1.82) is 0 Å². The Morgan fingerprint density at radius 1 is 1.43 bits per heavy atom. The van der Waals surface area contributed by atoms with E-state index in [9.17, 15) is 9.18 Å². The molecule has 1 aromatic rings. The van der Waals surface area contributed by atoms with Crippen LogP contribution in [0.5, 0.6) is 0 Å². The molecule has 116 valence electrons. The first-order valence-electron chi connectivity index (χ1n) is 7.96. The van der Waals surface area contributed by atoms with E-state index in [0.717, 1.165) is 25.1 Å². The molecule has 2 rings (SSSR count). The number of Topliss-reactive ketones (excluding diaryl/α,β-unsaturated/α-hetero) is 1. The van der Waals surface area contributed by atoms with Crippen molar-refractivity contribution < 1.29 is 9.18 Å². The number of carbonyl (C=O) groups is 1. The summed E-state index contributed by atoms with van der Waals surface area (Å²) in [5.41, 5.74) is 1.42. The number of hydrogen-bond donors (Lipinski definition) is 0. The molecule has 1 aliphatic rings. The van der Waals surface area contributed by atoms with Crippen molar-refractivity contribution in [2.75, 3.05) is 13.1 Å². The zero-order chi connectivity index (χ0) is 15.4. The van der Waals surface area contributed by atoms with Gasteiger partial charge in [-0.1, -0.05) is 12.1 Å². The molecule has 21 heavy (non-hydrogen) atoms. The van der Waals surface area contributed by atoms with Crippen LogP contribution in [0.3, 0.4) is 0 Å². The third-order valence-electron chi connectivity index (χ3n) is 4.43. The summed E-state index contributed by atoms with van der Waals surface area (Å²) in [6.07, 6.45) is 3.29. The third-order valence-corrected chi connectivity index (χ3v) is 4.43. The third kappa shape index (κ3) is 4.63. The predicted octanol–water partition coefficient (Wildman–Crippen LogP) is 3.76. The number of rotatable bonds is 5. The van der Waals surface area contributed by atoms with Crippen molar-refractivity contribution in [1.82, 2.24) is 4.90 Å². The molecular formula is C18H26FNO. The zero-order valence-electron chi connectivity index (χ0n) is 13.4. The van der Waals surface area contributed by atoms with Gasteiger partial charge < -0.3 is 4.90 Å². The molecule has 0 aromatic heterocycles. The molecule has 1 aliphatic heterocycles. The SMILES string of the molecule is Cc1ccc(CC(=O)C[C@@H]2CCCN(C(C)C)C2)cc1F. The Morgan fingerprint density at radius 2 is 2.19 bits per heavy atom. The molecule has 0 bridgehead atoms. The first-order chi connectivity index (χ1) is 9.95. The summed E-state index contributed by atoms with van der Waals surface area (Å²) in [5.74, 6) is 0.474. The summed E-state index contributed by atoms with van der Waals surface area (Å²) >= 11 is 0.